The van der Waals surface area contributed by atoms with Crippen molar-refractivity contribution in [2.45, 2.75) is 0 Å². The maximum absolute atomic E-state index is 2.46. The van der Waals surface area contributed by atoms with Gasteiger partial charge >= 0.3 is 0 Å². The van der Waals surface area contributed by atoms with Crippen LogP contribution in [0.15, 0.2) is 315 Å². The van der Waals surface area contributed by atoms with E-state index in [-0.39, 0.29) is 0 Å². The summed E-state index contributed by atoms with van der Waals surface area (Å²) in [6.07, 6.45) is 0. The number of hydrogen-bond donors (Lipinski definition) is 0. The Morgan fingerprint density at radius 3 is 1.16 bits per heavy atom. The molecule has 0 fully saturated rings. The minimum absolute atomic E-state index is 1.05. The van der Waals surface area contributed by atoms with E-state index in [1.807, 2.05) is 11.3 Å². The molecule has 13 aromatic carbocycles. The van der Waals surface area contributed by atoms with Gasteiger partial charge in [-0.15, -0.1) is 11.3 Å². The van der Waals surface area contributed by atoms with Gasteiger partial charge in [0.15, 0.2) is 0 Å². The van der Waals surface area contributed by atoms with Crippen molar-refractivity contribution in [1.82, 2.24) is 0 Å². The maximum atomic E-state index is 2.46. The van der Waals surface area contributed by atoms with E-state index in [0.717, 1.165) is 73.1 Å². The molecule has 0 aliphatic rings. The highest BCUT2D eigenvalue weighted by Crippen LogP contribution is 2.48. The van der Waals surface area contributed by atoms with Crippen LogP contribution in [0.1, 0.15) is 0 Å². The second-order valence-corrected chi connectivity index (χ2v) is 21.1. The van der Waals surface area contributed by atoms with Crippen LogP contribution < -0.4 is 9.80 Å². The van der Waals surface area contributed by atoms with Crippen molar-refractivity contribution in [1.29, 1.82) is 0 Å². The van der Waals surface area contributed by atoms with Crippen LogP contribution in [0.2, 0.25) is 0 Å². The molecular formula is C76H52N2S. The predicted octanol–water partition coefficient (Wildman–Crippen LogP) is 22.1. The summed E-state index contributed by atoms with van der Waals surface area (Å²) >= 11 is 1.87. The molecule has 1 aromatic heterocycles. The first kappa shape index (κ1) is 47.4. The quantitative estimate of drug-likeness (QED) is 0.120. The first-order chi connectivity index (χ1) is 39.2. The smallest absolute Gasteiger partial charge is 0.0540 e. The summed E-state index contributed by atoms with van der Waals surface area (Å²) in [5.74, 6) is 0. The highest BCUT2D eigenvalue weighted by atomic mass is 32.1. The number of benzene rings is 13. The molecule has 372 valence electrons. The van der Waals surface area contributed by atoms with Crippen molar-refractivity contribution in [3.8, 4) is 66.8 Å². The third-order valence-corrected chi connectivity index (χ3v) is 16.4. The van der Waals surface area contributed by atoms with Gasteiger partial charge in [-0.3, -0.25) is 0 Å². The van der Waals surface area contributed by atoms with E-state index in [1.54, 1.807) is 0 Å². The van der Waals surface area contributed by atoms with E-state index < -0.39 is 0 Å². The number of thiophene rings is 1. The van der Waals surface area contributed by atoms with E-state index in [2.05, 4.69) is 325 Å². The van der Waals surface area contributed by atoms with Crippen LogP contribution in [0.4, 0.5) is 34.1 Å². The molecule has 0 atom stereocenters. The first-order valence-corrected chi connectivity index (χ1v) is 27.8. The van der Waals surface area contributed by atoms with Crippen LogP contribution >= 0.6 is 11.3 Å². The molecule has 14 rings (SSSR count). The van der Waals surface area contributed by atoms with E-state index in [9.17, 15) is 0 Å². The molecule has 0 saturated heterocycles. The fourth-order valence-corrected chi connectivity index (χ4v) is 12.7. The molecule has 0 amide bonds. The Morgan fingerprint density at radius 2 is 0.595 bits per heavy atom. The Balaban J connectivity index is 0.903. The Hall–Kier alpha value is -10.1. The number of anilines is 6. The average Bonchev–Trinajstić information content (AvgIpc) is 3.92. The summed E-state index contributed by atoms with van der Waals surface area (Å²) in [5.41, 5.74) is 20.4. The van der Waals surface area contributed by atoms with Gasteiger partial charge in [-0.05, 0) is 134 Å². The molecule has 3 heteroatoms. The SMILES string of the molecule is c1ccc(-c2ccccc2-c2cccc(N(c3ccccc3-c3ccccc3)c3ccccc3-c3cccc(N(c4ccc(-c5ccc6c(c5)sc5cc7ccccc7cc56)cc4)c4ccccc4-c4ccccc4)c3)c2)cc1. The lowest BCUT2D eigenvalue weighted by molar-refractivity contribution is 1.27. The van der Waals surface area contributed by atoms with E-state index in [0.29, 0.717) is 0 Å². The van der Waals surface area contributed by atoms with Crippen molar-refractivity contribution >= 4 is 76.4 Å². The minimum atomic E-state index is 1.05. The standard InChI is InChI=1S/C76H52N2S/c1-4-22-54(23-5-1)65-34-12-13-35-66(65)60-30-20-33-64(48-60)78(73-40-18-15-37-68(73)56-26-8-3-9-27-56)74-41-19-16-38-69(74)61-31-21-32-63(49-61)77(72-39-17-14-36-67(72)55-24-6-2-7-25-55)62-45-42-53(43-46-62)59-44-47-70-71-50-57-28-10-11-29-58(57)51-76(71)79-75(70)52-59/h1-52H. The van der Waals surface area contributed by atoms with Crippen molar-refractivity contribution in [2.24, 2.45) is 0 Å². The lowest BCUT2D eigenvalue weighted by Crippen LogP contribution is -2.13. The van der Waals surface area contributed by atoms with Crippen LogP contribution in [0.3, 0.4) is 0 Å². The molecule has 0 spiro atoms. The van der Waals surface area contributed by atoms with Crippen molar-refractivity contribution in [3.05, 3.63) is 315 Å². The Bertz CT molecular complexity index is 4490. The molecule has 0 aliphatic heterocycles. The highest BCUT2D eigenvalue weighted by Gasteiger charge is 2.23. The van der Waals surface area contributed by atoms with Crippen LogP contribution in [-0.4, -0.2) is 0 Å². The second-order valence-electron chi connectivity index (χ2n) is 20.0. The van der Waals surface area contributed by atoms with E-state index in [4.69, 9.17) is 0 Å². The van der Waals surface area contributed by atoms with Crippen LogP contribution in [0.25, 0.3) is 97.7 Å². The molecule has 0 bridgehead atoms. The molecule has 0 aliphatic carbocycles. The number of rotatable bonds is 12. The Kier molecular flexibility index (Phi) is 12.5. The van der Waals surface area contributed by atoms with Gasteiger partial charge in [-0.1, -0.05) is 243 Å². The largest absolute Gasteiger partial charge is 0.310 e. The molecule has 0 radical (unpaired) electrons. The molecule has 79 heavy (non-hydrogen) atoms. The zero-order valence-corrected chi connectivity index (χ0v) is 44.1. The summed E-state index contributed by atoms with van der Waals surface area (Å²) in [4.78, 5) is 4.88. The Morgan fingerprint density at radius 1 is 0.203 bits per heavy atom. The molecule has 0 unspecified atom stereocenters. The fraction of sp³-hybridized carbons (Fsp3) is 0. The zero-order chi connectivity index (χ0) is 52.5. The topological polar surface area (TPSA) is 6.48 Å². The molecule has 1 heterocycles. The van der Waals surface area contributed by atoms with Gasteiger partial charge in [0.05, 0.1) is 17.1 Å². The van der Waals surface area contributed by atoms with Gasteiger partial charge in [0.25, 0.3) is 0 Å². The van der Waals surface area contributed by atoms with Gasteiger partial charge in [0.1, 0.15) is 0 Å². The van der Waals surface area contributed by atoms with Crippen molar-refractivity contribution in [2.75, 3.05) is 9.80 Å². The highest BCUT2D eigenvalue weighted by molar-refractivity contribution is 7.25. The van der Waals surface area contributed by atoms with Gasteiger partial charge in [-0.25, -0.2) is 0 Å². The summed E-state index contributed by atoms with van der Waals surface area (Å²) in [6.45, 7) is 0. The molecule has 2 nitrogen and oxygen atoms in total. The number of hydrogen-bond acceptors (Lipinski definition) is 3. The van der Waals surface area contributed by atoms with Gasteiger partial charge < -0.3 is 9.80 Å². The van der Waals surface area contributed by atoms with Crippen molar-refractivity contribution < 1.29 is 0 Å². The van der Waals surface area contributed by atoms with E-state index >= 15 is 0 Å². The van der Waals surface area contributed by atoms with Gasteiger partial charge in [0.2, 0.25) is 0 Å². The molecular weight excluding hydrogens is 973 g/mol. The normalized spacial score (nSPS) is 11.3. The van der Waals surface area contributed by atoms with Gasteiger partial charge in [-0.2, -0.15) is 0 Å². The first-order valence-electron chi connectivity index (χ1n) is 27.0. The molecule has 0 N–H and O–H groups in total. The zero-order valence-electron chi connectivity index (χ0n) is 43.3. The average molecular weight is 1030 g/mol. The monoisotopic (exact) mass is 1020 g/mol. The number of fused-ring (bicyclic) bond motifs is 4. The van der Waals surface area contributed by atoms with Gasteiger partial charge in [0, 0.05) is 53.9 Å². The third kappa shape index (κ3) is 9.12. The van der Waals surface area contributed by atoms with Crippen LogP contribution in [0, 0.1) is 0 Å². The third-order valence-electron chi connectivity index (χ3n) is 15.2. The Labute approximate surface area is 465 Å². The van der Waals surface area contributed by atoms with Crippen LogP contribution in [-0.2, 0) is 0 Å². The number of para-hydroxylation sites is 3. The lowest BCUT2D eigenvalue weighted by atomic mass is 9.94. The summed E-state index contributed by atoms with van der Waals surface area (Å²) in [7, 11) is 0. The summed E-state index contributed by atoms with van der Waals surface area (Å²) < 4.78 is 2.61. The maximum Gasteiger partial charge on any atom is 0.0540 e. The number of nitrogens with zero attached hydrogens (tertiary/aromatic N) is 2. The van der Waals surface area contributed by atoms with E-state index in [1.165, 1.54) is 58.8 Å². The lowest BCUT2D eigenvalue weighted by Gasteiger charge is -2.31. The van der Waals surface area contributed by atoms with Crippen LogP contribution in [0.5, 0.6) is 0 Å². The van der Waals surface area contributed by atoms with Crippen molar-refractivity contribution in [3.63, 3.8) is 0 Å². The molecule has 14 aromatic rings. The fourth-order valence-electron chi connectivity index (χ4n) is 11.5. The molecule has 0 saturated carbocycles. The second kappa shape index (κ2) is 20.8. The predicted molar refractivity (Wildman–Crippen MR) is 339 cm³/mol. The minimum Gasteiger partial charge on any atom is -0.310 e. The summed E-state index contributed by atoms with van der Waals surface area (Å²) in [5, 5.41) is 5.17. The summed E-state index contributed by atoms with van der Waals surface area (Å²) in [6, 6.07) is 115.